The van der Waals surface area contributed by atoms with Crippen LogP contribution in [-0.4, -0.2) is 21.9 Å². The van der Waals surface area contributed by atoms with E-state index in [1.54, 1.807) is 0 Å². The number of nitrogens with one attached hydrogen (secondary N) is 2. The number of halogens is 7. The normalized spacial score (nSPS) is 12.5. The molecule has 7 nitrogen and oxygen atoms in total. The van der Waals surface area contributed by atoms with Crippen LogP contribution < -0.4 is 20.3 Å². The van der Waals surface area contributed by atoms with Gasteiger partial charge in [-0.25, -0.2) is 9.49 Å². The molecule has 3 rings (SSSR count). The highest BCUT2D eigenvalue weighted by atomic mass is 35.5. The van der Waals surface area contributed by atoms with Crippen molar-refractivity contribution in [1.29, 1.82) is 0 Å². The topological polar surface area (TPSA) is 96.5 Å². The van der Waals surface area contributed by atoms with Crippen LogP contribution in [0.5, 0.6) is 17.2 Å². The number of aromatic nitrogens is 2. The fraction of sp³-hybridized carbons (Fsp3) is 0.158. The molecule has 0 aliphatic rings. The molecular weight excluding hydrogens is 484 g/mol. The van der Waals surface area contributed by atoms with E-state index in [4.69, 9.17) is 16.3 Å². The zero-order valence-electron chi connectivity index (χ0n) is 16.0. The Bertz CT molecular complexity index is 1200. The van der Waals surface area contributed by atoms with Gasteiger partial charge in [-0.15, -0.1) is 0 Å². The summed E-state index contributed by atoms with van der Waals surface area (Å²) in [5.74, 6) is -3.02. The van der Waals surface area contributed by atoms with Crippen molar-refractivity contribution in [3.63, 3.8) is 0 Å². The van der Waals surface area contributed by atoms with Crippen LogP contribution in [0.3, 0.4) is 0 Å². The van der Waals surface area contributed by atoms with E-state index in [0.29, 0.717) is 12.1 Å². The number of H-pyrrole nitrogens is 1. The second kappa shape index (κ2) is 9.58. The predicted molar refractivity (Wildman–Crippen MR) is 103 cm³/mol. The van der Waals surface area contributed by atoms with Gasteiger partial charge < -0.3 is 19.9 Å². The summed E-state index contributed by atoms with van der Waals surface area (Å²) in [5, 5.41) is 17.7. The SMILES string of the molecule is O=c1cc(NC(O)c2cc(Cl)c(C(F)(F)F)cc2Oc2ccc(F)cc2OC(F)F)cn[nH]1. The van der Waals surface area contributed by atoms with E-state index in [-0.39, 0.29) is 11.3 Å². The molecule has 0 radical (unpaired) electrons. The minimum Gasteiger partial charge on any atom is -0.453 e. The molecule has 0 bridgehead atoms. The third-order valence-electron chi connectivity index (χ3n) is 4.01. The molecule has 0 spiro atoms. The Morgan fingerprint density at radius 3 is 2.45 bits per heavy atom. The summed E-state index contributed by atoms with van der Waals surface area (Å²) in [6.07, 6.45) is -5.64. The quantitative estimate of drug-likeness (QED) is 0.312. The number of hydrogen-bond acceptors (Lipinski definition) is 6. The average Bonchev–Trinajstić information content (AvgIpc) is 2.69. The smallest absolute Gasteiger partial charge is 0.417 e. The lowest BCUT2D eigenvalue weighted by Crippen LogP contribution is -2.15. The molecule has 176 valence electrons. The number of nitrogens with zero attached hydrogens (tertiary/aromatic N) is 1. The first-order chi connectivity index (χ1) is 15.4. The van der Waals surface area contributed by atoms with Crippen LogP contribution in [0.4, 0.5) is 32.0 Å². The van der Waals surface area contributed by atoms with E-state index in [1.165, 1.54) is 0 Å². The number of hydrogen-bond donors (Lipinski definition) is 3. The molecule has 3 N–H and O–H groups in total. The molecule has 0 saturated carbocycles. The molecule has 1 unspecified atom stereocenters. The molecule has 14 heteroatoms. The lowest BCUT2D eigenvalue weighted by Gasteiger charge is -2.21. The summed E-state index contributed by atoms with van der Waals surface area (Å²) in [6, 6.07) is 4.34. The fourth-order valence-corrected chi connectivity index (χ4v) is 2.93. The summed E-state index contributed by atoms with van der Waals surface area (Å²) < 4.78 is 88.3. The summed E-state index contributed by atoms with van der Waals surface area (Å²) >= 11 is 5.73. The maximum Gasteiger partial charge on any atom is 0.417 e. The van der Waals surface area contributed by atoms with Crippen molar-refractivity contribution in [2.24, 2.45) is 0 Å². The van der Waals surface area contributed by atoms with E-state index >= 15 is 0 Å². The van der Waals surface area contributed by atoms with Crippen LogP contribution in [0.1, 0.15) is 17.4 Å². The molecule has 1 atom stereocenters. The number of aliphatic hydroxyl groups excluding tert-OH is 1. The van der Waals surface area contributed by atoms with Gasteiger partial charge in [0.15, 0.2) is 17.7 Å². The van der Waals surface area contributed by atoms with Gasteiger partial charge in [0.25, 0.3) is 5.56 Å². The average molecular weight is 496 g/mol. The minimum atomic E-state index is -4.94. The third kappa shape index (κ3) is 6.08. The van der Waals surface area contributed by atoms with Crippen molar-refractivity contribution in [3.05, 3.63) is 74.9 Å². The summed E-state index contributed by atoms with van der Waals surface area (Å²) in [6.45, 7) is -3.39. The maximum absolute atomic E-state index is 13.5. The number of aromatic amines is 1. The van der Waals surface area contributed by atoms with E-state index in [1.807, 2.05) is 0 Å². The van der Waals surface area contributed by atoms with E-state index in [2.05, 4.69) is 20.3 Å². The fourth-order valence-electron chi connectivity index (χ4n) is 2.65. The van der Waals surface area contributed by atoms with Crippen LogP contribution in [0.2, 0.25) is 5.02 Å². The zero-order valence-corrected chi connectivity index (χ0v) is 16.7. The largest absolute Gasteiger partial charge is 0.453 e. The van der Waals surface area contributed by atoms with Gasteiger partial charge >= 0.3 is 12.8 Å². The second-order valence-corrected chi connectivity index (χ2v) is 6.73. The summed E-state index contributed by atoms with van der Waals surface area (Å²) in [7, 11) is 0. The number of aliphatic hydroxyl groups is 1. The van der Waals surface area contributed by atoms with Crippen molar-refractivity contribution in [2.45, 2.75) is 19.0 Å². The van der Waals surface area contributed by atoms with Gasteiger partial charge in [0.2, 0.25) is 0 Å². The van der Waals surface area contributed by atoms with Crippen LogP contribution in [0.15, 0.2) is 47.4 Å². The Morgan fingerprint density at radius 1 is 1.09 bits per heavy atom. The van der Waals surface area contributed by atoms with Crippen LogP contribution >= 0.6 is 11.6 Å². The van der Waals surface area contributed by atoms with E-state index < -0.39 is 58.2 Å². The molecule has 2 aromatic carbocycles. The van der Waals surface area contributed by atoms with Crippen molar-refractivity contribution < 1.29 is 40.9 Å². The number of benzene rings is 2. The number of alkyl halides is 5. The Balaban J connectivity index is 2.08. The minimum absolute atomic E-state index is 0.0169. The van der Waals surface area contributed by atoms with Crippen LogP contribution in [0, 0.1) is 5.82 Å². The molecule has 1 aromatic heterocycles. The third-order valence-corrected chi connectivity index (χ3v) is 4.32. The Kier molecular flexibility index (Phi) is 7.03. The number of ether oxygens (including phenoxy) is 2. The van der Waals surface area contributed by atoms with Gasteiger partial charge in [0.1, 0.15) is 11.6 Å². The number of anilines is 1. The zero-order chi connectivity index (χ0) is 24.3. The van der Waals surface area contributed by atoms with Crippen molar-refractivity contribution in [3.8, 4) is 17.2 Å². The van der Waals surface area contributed by atoms with Crippen molar-refractivity contribution in [2.75, 3.05) is 5.32 Å². The molecule has 0 amide bonds. The van der Waals surface area contributed by atoms with Crippen molar-refractivity contribution >= 4 is 17.3 Å². The Labute approximate surface area is 185 Å². The first-order valence-electron chi connectivity index (χ1n) is 8.76. The second-order valence-electron chi connectivity index (χ2n) is 6.32. The van der Waals surface area contributed by atoms with Gasteiger partial charge in [0.05, 0.1) is 22.5 Å². The molecule has 1 heterocycles. The highest BCUT2D eigenvalue weighted by molar-refractivity contribution is 6.31. The summed E-state index contributed by atoms with van der Waals surface area (Å²) in [5.41, 5.74) is -2.39. The highest BCUT2D eigenvalue weighted by Crippen LogP contribution is 2.43. The molecule has 0 fully saturated rings. The molecular formula is C19H12ClF6N3O4. The van der Waals surface area contributed by atoms with E-state index in [0.717, 1.165) is 30.5 Å². The van der Waals surface area contributed by atoms with Crippen molar-refractivity contribution in [1.82, 2.24) is 10.2 Å². The van der Waals surface area contributed by atoms with Gasteiger partial charge in [-0.2, -0.15) is 27.1 Å². The monoisotopic (exact) mass is 495 g/mol. The van der Waals surface area contributed by atoms with Crippen LogP contribution in [0.25, 0.3) is 0 Å². The van der Waals surface area contributed by atoms with Gasteiger partial charge in [-0.05, 0) is 24.3 Å². The number of rotatable bonds is 7. The maximum atomic E-state index is 13.5. The van der Waals surface area contributed by atoms with Gasteiger partial charge in [-0.3, -0.25) is 4.79 Å². The first kappa shape index (κ1) is 24.2. The standard InChI is InChI=1S/C19H12ClF6N3O4/c20-12-5-10(17(31)28-9-4-16(30)29-27-7-9)14(6-11(12)19(24,25)26)32-13-2-1-8(21)3-15(13)33-18(22)23/h1-7,17-18,31H,(H2,28,29,30). The van der Waals surface area contributed by atoms with Gasteiger partial charge in [0, 0.05) is 17.7 Å². The van der Waals surface area contributed by atoms with Gasteiger partial charge in [-0.1, -0.05) is 11.6 Å². The molecule has 0 saturated heterocycles. The summed E-state index contributed by atoms with van der Waals surface area (Å²) in [4.78, 5) is 11.4. The van der Waals surface area contributed by atoms with E-state index in [9.17, 15) is 36.2 Å². The molecule has 33 heavy (non-hydrogen) atoms. The molecule has 0 aliphatic heterocycles. The lowest BCUT2D eigenvalue weighted by molar-refractivity contribution is -0.137. The highest BCUT2D eigenvalue weighted by Gasteiger charge is 2.35. The first-order valence-corrected chi connectivity index (χ1v) is 9.14. The molecule has 0 aliphatic carbocycles. The molecule has 3 aromatic rings. The van der Waals surface area contributed by atoms with Crippen LogP contribution in [-0.2, 0) is 6.18 Å². The Morgan fingerprint density at radius 2 is 1.82 bits per heavy atom. The lowest BCUT2D eigenvalue weighted by atomic mass is 10.1. The predicted octanol–water partition coefficient (Wildman–Crippen LogP) is 5.08. The Hall–Kier alpha value is -3.45.